The van der Waals surface area contributed by atoms with Crippen molar-refractivity contribution in [3.05, 3.63) is 96.2 Å². The Balaban J connectivity index is 0.000000223. The molecule has 2 saturated heterocycles. The molecule has 0 unspecified atom stereocenters. The molecule has 3 N–H and O–H groups in total. The number of aromatic amines is 1. The van der Waals surface area contributed by atoms with Crippen LogP contribution in [0.1, 0.15) is 28.8 Å². The van der Waals surface area contributed by atoms with Crippen molar-refractivity contribution >= 4 is 28.2 Å². The standard InChI is InChI=1S/C23H27N3O2.C10H14N2/c27-23(28)18-9-10-22-21(16-18)19(17-24-22)6-4-5-11-25-12-14-26(15-13-25)20-7-2-1-3-8-20;1-2-4-10(5-3-1)12-8-6-11-7-9-12/h1-3,7-10,16-17,24H,4-6,11-15H2,(H,27,28);1-5,11H,6-9H2. The number of nitrogens with one attached hydrogen (secondary N) is 2. The van der Waals surface area contributed by atoms with Gasteiger partial charge in [0.2, 0.25) is 0 Å². The fraction of sp³-hybridized carbons (Fsp3) is 0.364. The number of nitrogens with zero attached hydrogens (tertiary/aromatic N) is 3. The van der Waals surface area contributed by atoms with Crippen LogP contribution in [0.15, 0.2) is 85.1 Å². The van der Waals surface area contributed by atoms with Crippen molar-refractivity contribution in [1.29, 1.82) is 0 Å². The number of carboxylic acids is 1. The molecule has 2 aliphatic rings. The number of aryl methyl sites for hydroxylation is 1. The molecule has 210 valence electrons. The first-order valence-corrected chi connectivity index (χ1v) is 14.5. The zero-order valence-corrected chi connectivity index (χ0v) is 23.3. The number of hydrogen-bond acceptors (Lipinski definition) is 5. The van der Waals surface area contributed by atoms with Crippen LogP contribution < -0.4 is 15.1 Å². The van der Waals surface area contributed by atoms with Gasteiger partial charge in [0.05, 0.1) is 5.56 Å². The molecule has 0 aliphatic carbocycles. The van der Waals surface area contributed by atoms with Crippen molar-refractivity contribution in [1.82, 2.24) is 15.2 Å². The summed E-state index contributed by atoms with van der Waals surface area (Å²) in [5.41, 5.74) is 5.25. The summed E-state index contributed by atoms with van der Waals surface area (Å²) >= 11 is 0. The number of H-pyrrole nitrogens is 1. The Morgan fingerprint density at radius 3 is 2.00 bits per heavy atom. The molecule has 3 aromatic carbocycles. The van der Waals surface area contributed by atoms with Gasteiger partial charge in [0, 0.05) is 80.8 Å². The molecule has 2 fully saturated rings. The van der Waals surface area contributed by atoms with Gasteiger partial charge >= 0.3 is 5.97 Å². The number of carboxylic acid groups (broad SMARTS) is 1. The lowest BCUT2D eigenvalue weighted by molar-refractivity contribution is 0.0697. The Kier molecular flexibility index (Phi) is 9.72. The van der Waals surface area contributed by atoms with Gasteiger partial charge in [0.15, 0.2) is 0 Å². The van der Waals surface area contributed by atoms with E-state index in [1.54, 1.807) is 12.1 Å². The molecule has 2 aliphatic heterocycles. The van der Waals surface area contributed by atoms with Crippen LogP contribution in [0.4, 0.5) is 11.4 Å². The molecule has 7 heteroatoms. The first-order valence-electron chi connectivity index (χ1n) is 14.5. The number of anilines is 2. The lowest BCUT2D eigenvalue weighted by Crippen LogP contribution is -2.46. The number of aromatic nitrogens is 1. The van der Waals surface area contributed by atoms with E-state index in [1.165, 1.54) is 16.9 Å². The van der Waals surface area contributed by atoms with Gasteiger partial charge in [0.25, 0.3) is 0 Å². The third-order valence-electron chi connectivity index (χ3n) is 7.92. The molecule has 40 heavy (non-hydrogen) atoms. The zero-order valence-electron chi connectivity index (χ0n) is 23.3. The SMILES string of the molecule is O=C(O)c1ccc2[nH]cc(CCCCN3CCN(c4ccccc4)CC3)c2c1.c1ccc(N2CCNCC2)cc1. The molecule has 1 aromatic heterocycles. The van der Waals surface area contributed by atoms with Crippen LogP contribution in [0.25, 0.3) is 10.9 Å². The minimum atomic E-state index is -0.872. The topological polar surface area (TPSA) is 74.8 Å². The highest BCUT2D eigenvalue weighted by atomic mass is 16.4. The number of fused-ring (bicyclic) bond motifs is 1. The summed E-state index contributed by atoms with van der Waals surface area (Å²) in [6.07, 6.45) is 5.28. The normalized spacial score (nSPS) is 16.0. The highest BCUT2D eigenvalue weighted by Crippen LogP contribution is 2.22. The second-order valence-electron chi connectivity index (χ2n) is 10.6. The number of hydrogen-bond donors (Lipinski definition) is 3. The maximum Gasteiger partial charge on any atom is 0.335 e. The number of aromatic carboxylic acids is 1. The maximum absolute atomic E-state index is 11.2. The van der Waals surface area contributed by atoms with Crippen molar-refractivity contribution in [2.45, 2.75) is 19.3 Å². The number of unbranched alkanes of at least 4 members (excludes halogenated alkanes) is 1. The molecule has 3 heterocycles. The number of carbonyl (C=O) groups is 1. The third-order valence-corrected chi connectivity index (χ3v) is 7.92. The van der Waals surface area contributed by atoms with Gasteiger partial charge in [0.1, 0.15) is 0 Å². The average Bonchev–Trinajstić information content (AvgIpc) is 3.43. The molecule has 0 atom stereocenters. The fourth-order valence-corrected chi connectivity index (χ4v) is 5.60. The lowest BCUT2D eigenvalue weighted by Gasteiger charge is -2.36. The van der Waals surface area contributed by atoms with Crippen LogP contribution >= 0.6 is 0 Å². The van der Waals surface area contributed by atoms with Crippen LogP contribution in [-0.2, 0) is 6.42 Å². The predicted molar refractivity (Wildman–Crippen MR) is 165 cm³/mol. The minimum absolute atomic E-state index is 0.352. The molecular formula is C33H41N5O2. The highest BCUT2D eigenvalue weighted by molar-refractivity contribution is 5.94. The van der Waals surface area contributed by atoms with Crippen LogP contribution in [0.2, 0.25) is 0 Å². The summed E-state index contributed by atoms with van der Waals surface area (Å²) in [5.74, 6) is -0.872. The van der Waals surface area contributed by atoms with Gasteiger partial charge in [-0.2, -0.15) is 0 Å². The highest BCUT2D eigenvalue weighted by Gasteiger charge is 2.16. The van der Waals surface area contributed by atoms with Crippen LogP contribution in [0.3, 0.4) is 0 Å². The molecule has 0 amide bonds. The summed E-state index contributed by atoms with van der Waals surface area (Å²) < 4.78 is 0. The van der Waals surface area contributed by atoms with E-state index in [4.69, 9.17) is 0 Å². The summed E-state index contributed by atoms with van der Waals surface area (Å²) in [5, 5.41) is 13.6. The molecular weight excluding hydrogens is 498 g/mol. The Labute approximate surface area is 237 Å². The van der Waals surface area contributed by atoms with E-state index in [2.05, 4.69) is 85.7 Å². The molecule has 4 aromatic rings. The van der Waals surface area contributed by atoms with Crippen molar-refractivity contribution < 1.29 is 9.90 Å². The lowest BCUT2D eigenvalue weighted by atomic mass is 10.0. The molecule has 0 bridgehead atoms. The van der Waals surface area contributed by atoms with Gasteiger partial charge in [-0.15, -0.1) is 0 Å². The summed E-state index contributed by atoms with van der Waals surface area (Å²) in [6.45, 7) is 10.0. The monoisotopic (exact) mass is 539 g/mol. The first kappa shape index (κ1) is 27.7. The van der Waals surface area contributed by atoms with E-state index in [0.29, 0.717) is 5.56 Å². The fourth-order valence-electron chi connectivity index (χ4n) is 5.60. The molecule has 0 saturated carbocycles. The Morgan fingerprint density at radius 1 is 0.750 bits per heavy atom. The average molecular weight is 540 g/mol. The summed E-state index contributed by atoms with van der Waals surface area (Å²) in [4.78, 5) is 21.9. The Bertz CT molecular complexity index is 1330. The van der Waals surface area contributed by atoms with Crippen molar-refractivity contribution in [3.8, 4) is 0 Å². The van der Waals surface area contributed by atoms with Crippen molar-refractivity contribution in [2.24, 2.45) is 0 Å². The van der Waals surface area contributed by atoms with Crippen LogP contribution in [0, 0.1) is 0 Å². The van der Waals surface area contributed by atoms with Crippen molar-refractivity contribution in [2.75, 3.05) is 68.7 Å². The van der Waals surface area contributed by atoms with E-state index in [0.717, 1.165) is 89.1 Å². The smallest absolute Gasteiger partial charge is 0.335 e. The summed E-state index contributed by atoms with van der Waals surface area (Å²) in [7, 11) is 0. The molecule has 7 nitrogen and oxygen atoms in total. The summed E-state index contributed by atoms with van der Waals surface area (Å²) in [6, 6.07) is 26.5. The van der Waals surface area contributed by atoms with Gasteiger partial charge in [-0.3, -0.25) is 4.90 Å². The van der Waals surface area contributed by atoms with Crippen molar-refractivity contribution in [3.63, 3.8) is 0 Å². The molecule has 0 radical (unpaired) electrons. The third kappa shape index (κ3) is 7.43. The van der Waals surface area contributed by atoms with Crippen LogP contribution in [0.5, 0.6) is 0 Å². The van der Waals surface area contributed by atoms with Gasteiger partial charge < -0.3 is 25.2 Å². The van der Waals surface area contributed by atoms with E-state index < -0.39 is 5.97 Å². The maximum atomic E-state index is 11.2. The van der Waals surface area contributed by atoms with E-state index in [9.17, 15) is 9.90 Å². The number of benzene rings is 3. The minimum Gasteiger partial charge on any atom is -0.478 e. The quantitative estimate of drug-likeness (QED) is 0.270. The van der Waals surface area contributed by atoms with Gasteiger partial charge in [-0.25, -0.2) is 4.79 Å². The van der Waals surface area contributed by atoms with E-state index >= 15 is 0 Å². The number of piperazine rings is 2. The zero-order chi connectivity index (χ0) is 27.6. The molecule has 6 rings (SSSR count). The first-order chi connectivity index (χ1) is 19.7. The largest absolute Gasteiger partial charge is 0.478 e. The number of rotatable bonds is 8. The Morgan fingerprint density at radius 2 is 1.38 bits per heavy atom. The van der Waals surface area contributed by atoms with E-state index in [-0.39, 0.29) is 0 Å². The predicted octanol–water partition coefficient (Wildman–Crippen LogP) is 5.11. The van der Waals surface area contributed by atoms with E-state index in [1.807, 2.05) is 12.3 Å². The second kappa shape index (κ2) is 14.0. The number of para-hydroxylation sites is 2. The van der Waals surface area contributed by atoms with Gasteiger partial charge in [-0.1, -0.05) is 36.4 Å². The molecule has 0 spiro atoms. The second-order valence-corrected chi connectivity index (χ2v) is 10.6. The van der Waals surface area contributed by atoms with Gasteiger partial charge in [-0.05, 0) is 73.8 Å². The van der Waals surface area contributed by atoms with Crippen LogP contribution in [-0.4, -0.2) is 79.9 Å². The Hall–Kier alpha value is -3.81.